The Hall–Kier alpha value is -2.40. The van der Waals surface area contributed by atoms with Gasteiger partial charge in [-0.25, -0.2) is 0 Å². The summed E-state index contributed by atoms with van der Waals surface area (Å²) in [6.07, 6.45) is 0. The van der Waals surface area contributed by atoms with Crippen LogP contribution in [0, 0.1) is 5.92 Å². The fourth-order valence-corrected chi connectivity index (χ4v) is 2.06. The number of amides is 1. The second-order valence-corrected chi connectivity index (χ2v) is 5.92. The maximum Gasteiger partial charge on any atom is 0.257 e. The van der Waals surface area contributed by atoms with E-state index in [0.29, 0.717) is 23.8 Å². The fourth-order valence-electron chi connectivity index (χ4n) is 1.85. The highest BCUT2D eigenvalue weighted by atomic mass is 32.1. The van der Waals surface area contributed by atoms with E-state index in [1.807, 2.05) is 36.4 Å². The van der Waals surface area contributed by atoms with Crippen LogP contribution in [0.4, 0.5) is 5.69 Å². The molecule has 120 valence electrons. The van der Waals surface area contributed by atoms with E-state index in [1.165, 1.54) is 0 Å². The molecule has 4 nitrogen and oxygen atoms in total. The zero-order valence-electron chi connectivity index (χ0n) is 13.2. The summed E-state index contributed by atoms with van der Waals surface area (Å²) in [5, 5.41) is 5.89. The van der Waals surface area contributed by atoms with Crippen LogP contribution in [0.5, 0.6) is 5.75 Å². The van der Waals surface area contributed by atoms with Crippen molar-refractivity contribution in [3.05, 3.63) is 60.2 Å². The maximum absolute atomic E-state index is 12.2. The highest BCUT2D eigenvalue weighted by Crippen LogP contribution is 2.14. The van der Waals surface area contributed by atoms with Crippen LogP contribution in [0.3, 0.4) is 0 Å². The Labute approximate surface area is 141 Å². The molecule has 2 rings (SSSR count). The van der Waals surface area contributed by atoms with E-state index >= 15 is 0 Å². The second-order valence-electron chi connectivity index (χ2n) is 5.51. The first-order valence-corrected chi connectivity index (χ1v) is 7.85. The standard InChI is InChI=1S/C18H20N2O2S/c1-13(2)12-22-16-10-6-7-14(11-16)17(21)20-18(23)19-15-8-4-3-5-9-15/h3-11,13H,12H2,1-2H3,(H2,19,20,21,23). The molecule has 0 bridgehead atoms. The Morgan fingerprint density at radius 2 is 1.87 bits per heavy atom. The minimum absolute atomic E-state index is 0.259. The molecule has 0 aliphatic rings. The lowest BCUT2D eigenvalue weighted by atomic mass is 10.2. The normalized spacial score (nSPS) is 10.2. The van der Waals surface area contributed by atoms with Gasteiger partial charge < -0.3 is 10.1 Å². The molecule has 1 amide bonds. The van der Waals surface area contributed by atoms with Crippen LogP contribution in [0.15, 0.2) is 54.6 Å². The number of hydrogen-bond donors (Lipinski definition) is 2. The monoisotopic (exact) mass is 328 g/mol. The van der Waals surface area contributed by atoms with Gasteiger partial charge in [0.1, 0.15) is 5.75 Å². The van der Waals surface area contributed by atoms with Gasteiger partial charge >= 0.3 is 0 Å². The van der Waals surface area contributed by atoms with Crippen LogP contribution >= 0.6 is 12.2 Å². The van der Waals surface area contributed by atoms with Crippen LogP contribution in [0.2, 0.25) is 0 Å². The van der Waals surface area contributed by atoms with Crippen molar-refractivity contribution < 1.29 is 9.53 Å². The molecule has 2 aromatic carbocycles. The number of carbonyl (C=O) groups excluding carboxylic acids is 1. The number of anilines is 1. The zero-order chi connectivity index (χ0) is 16.7. The van der Waals surface area contributed by atoms with E-state index in [2.05, 4.69) is 24.5 Å². The molecule has 0 spiro atoms. The minimum Gasteiger partial charge on any atom is -0.493 e. The van der Waals surface area contributed by atoms with Crippen LogP contribution in [-0.2, 0) is 0 Å². The lowest BCUT2D eigenvalue weighted by Crippen LogP contribution is -2.34. The molecular formula is C18H20N2O2S. The maximum atomic E-state index is 12.2. The Kier molecular flexibility index (Phi) is 6.11. The average Bonchev–Trinajstić information content (AvgIpc) is 2.54. The quantitative estimate of drug-likeness (QED) is 0.819. The first-order valence-electron chi connectivity index (χ1n) is 7.45. The van der Waals surface area contributed by atoms with Gasteiger partial charge in [-0.05, 0) is 48.5 Å². The summed E-state index contributed by atoms with van der Waals surface area (Å²) in [4.78, 5) is 12.2. The predicted octanol–water partition coefficient (Wildman–Crippen LogP) is 3.85. The summed E-state index contributed by atoms with van der Waals surface area (Å²) in [5.74, 6) is 0.830. The van der Waals surface area contributed by atoms with Crippen LogP contribution in [0.1, 0.15) is 24.2 Å². The molecule has 0 radical (unpaired) electrons. The van der Waals surface area contributed by atoms with Gasteiger partial charge in [-0.15, -0.1) is 0 Å². The van der Waals surface area contributed by atoms with Gasteiger partial charge in [0.25, 0.3) is 5.91 Å². The van der Waals surface area contributed by atoms with Crippen molar-refractivity contribution in [3.63, 3.8) is 0 Å². The summed E-state index contributed by atoms with van der Waals surface area (Å²) >= 11 is 5.16. The molecule has 0 atom stereocenters. The summed E-state index contributed by atoms with van der Waals surface area (Å²) < 4.78 is 5.63. The van der Waals surface area contributed by atoms with Gasteiger partial charge in [0.2, 0.25) is 0 Å². The smallest absolute Gasteiger partial charge is 0.257 e. The average molecular weight is 328 g/mol. The molecule has 0 saturated heterocycles. The zero-order valence-corrected chi connectivity index (χ0v) is 14.0. The number of hydrogen-bond acceptors (Lipinski definition) is 3. The van der Waals surface area contributed by atoms with Gasteiger partial charge in [0, 0.05) is 11.3 Å². The van der Waals surface area contributed by atoms with Crippen LogP contribution in [-0.4, -0.2) is 17.6 Å². The molecule has 0 aliphatic heterocycles. The van der Waals surface area contributed by atoms with Gasteiger partial charge in [-0.3, -0.25) is 10.1 Å². The summed E-state index contributed by atoms with van der Waals surface area (Å²) in [7, 11) is 0. The Bertz CT molecular complexity index is 672. The molecule has 2 N–H and O–H groups in total. The Morgan fingerprint density at radius 3 is 2.57 bits per heavy atom. The number of nitrogens with one attached hydrogen (secondary N) is 2. The van der Waals surface area contributed by atoms with Crippen LogP contribution < -0.4 is 15.4 Å². The largest absolute Gasteiger partial charge is 0.493 e. The SMILES string of the molecule is CC(C)COc1cccc(C(=O)NC(=S)Nc2ccccc2)c1. The lowest BCUT2D eigenvalue weighted by Gasteiger charge is -2.11. The summed E-state index contributed by atoms with van der Waals surface area (Å²) in [6, 6.07) is 16.5. The van der Waals surface area contributed by atoms with Crippen molar-refractivity contribution in [3.8, 4) is 5.75 Å². The number of para-hydroxylation sites is 1. The molecule has 0 unspecified atom stereocenters. The van der Waals surface area contributed by atoms with E-state index in [1.54, 1.807) is 18.2 Å². The third-order valence-electron chi connectivity index (χ3n) is 2.94. The third-order valence-corrected chi connectivity index (χ3v) is 3.14. The van der Waals surface area contributed by atoms with Crippen LogP contribution in [0.25, 0.3) is 0 Å². The van der Waals surface area contributed by atoms with E-state index in [0.717, 1.165) is 5.69 Å². The summed E-state index contributed by atoms with van der Waals surface area (Å²) in [5.41, 5.74) is 1.33. The molecule has 0 heterocycles. The van der Waals surface area contributed by atoms with E-state index in [4.69, 9.17) is 17.0 Å². The van der Waals surface area contributed by atoms with Gasteiger partial charge in [0.05, 0.1) is 6.61 Å². The highest BCUT2D eigenvalue weighted by Gasteiger charge is 2.09. The first-order chi connectivity index (χ1) is 11.0. The van der Waals surface area contributed by atoms with Crippen molar-refractivity contribution in [1.82, 2.24) is 5.32 Å². The van der Waals surface area contributed by atoms with Crippen molar-refractivity contribution in [2.45, 2.75) is 13.8 Å². The van der Waals surface area contributed by atoms with E-state index in [-0.39, 0.29) is 11.0 Å². The predicted molar refractivity (Wildman–Crippen MR) is 96.9 cm³/mol. The van der Waals surface area contributed by atoms with Crippen molar-refractivity contribution in [2.75, 3.05) is 11.9 Å². The van der Waals surface area contributed by atoms with Gasteiger partial charge in [0.15, 0.2) is 5.11 Å². The fraction of sp³-hybridized carbons (Fsp3) is 0.222. The van der Waals surface area contributed by atoms with Gasteiger partial charge in [-0.1, -0.05) is 38.1 Å². The molecule has 0 aliphatic carbocycles. The minimum atomic E-state index is -0.270. The molecule has 23 heavy (non-hydrogen) atoms. The van der Waals surface area contributed by atoms with Gasteiger partial charge in [-0.2, -0.15) is 0 Å². The number of carbonyl (C=O) groups is 1. The van der Waals surface area contributed by atoms with Crippen molar-refractivity contribution in [2.24, 2.45) is 5.92 Å². The van der Waals surface area contributed by atoms with E-state index < -0.39 is 0 Å². The highest BCUT2D eigenvalue weighted by molar-refractivity contribution is 7.80. The lowest BCUT2D eigenvalue weighted by molar-refractivity contribution is 0.0977. The number of ether oxygens (including phenoxy) is 1. The Balaban J connectivity index is 1.94. The second kappa shape index (κ2) is 8.29. The number of benzene rings is 2. The number of rotatable bonds is 5. The topological polar surface area (TPSA) is 50.4 Å². The third kappa shape index (κ3) is 5.71. The molecule has 5 heteroatoms. The number of thiocarbonyl (C=S) groups is 1. The van der Waals surface area contributed by atoms with E-state index in [9.17, 15) is 4.79 Å². The Morgan fingerprint density at radius 1 is 1.13 bits per heavy atom. The van der Waals surface area contributed by atoms with Crippen molar-refractivity contribution >= 4 is 28.9 Å². The first kappa shape index (κ1) is 17.0. The van der Waals surface area contributed by atoms with Crippen molar-refractivity contribution in [1.29, 1.82) is 0 Å². The molecule has 0 fully saturated rings. The summed E-state index contributed by atoms with van der Waals surface area (Å²) in [6.45, 7) is 4.76. The molecule has 0 saturated carbocycles. The molecule has 2 aromatic rings. The molecular weight excluding hydrogens is 308 g/mol. The molecule has 0 aromatic heterocycles.